The van der Waals surface area contributed by atoms with Crippen molar-refractivity contribution in [3.63, 3.8) is 0 Å². The predicted octanol–water partition coefficient (Wildman–Crippen LogP) is 2.05. The third-order valence-electron chi connectivity index (χ3n) is 2.15. The van der Waals surface area contributed by atoms with Gasteiger partial charge in [0.2, 0.25) is 0 Å². The van der Waals surface area contributed by atoms with Gasteiger partial charge in [0, 0.05) is 30.9 Å². The first-order valence-electron chi connectivity index (χ1n) is 5.03. The van der Waals surface area contributed by atoms with Gasteiger partial charge in [-0.25, -0.2) is 4.98 Å². The van der Waals surface area contributed by atoms with E-state index in [1.54, 1.807) is 0 Å². The van der Waals surface area contributed by atoms with E-state index >= 15 is 0 Å². The Morgan fingerprint density at radius 2 is 2.40 bits per heavy atom. The van der Waals surface area contributed by atoms with Crippen LogP contribution in [0.15, 0.2) is 30.6 Å². The Labute approximate surface area is 94.1 Å². The van der Waals surface area contributed by atoms with Crippen LogP contribution in [0.25, 0.3) is 5.65 Å². The van der Waals surface area contributed by atoms with Gasteiger partial charge in [-0.15, -0.1) is 11.6 Å². The molecule has 1 atom stereocenters. The minimum atomic E-state index is 0.155. The van der Waals surface area contributed by atoms with E-state index in [0.717, 1.165) is 24.4 Å². The Kier molecular flexibility index (Phi) is 3.23. The van der Waals surface area contributed by atoms with Crippen molar-refractivity contribution in [2.45, 2.75) is 18.8 Å². The highest BCUT2D eigenvalue weighted by atomic mass is 35.5. The summed E-state index contributed by atoms with van der Waals surface area (Å²) in [5, 5.41) is 3.41. The van der Waals surface area contributed by atoms with Gasteiger partial charge in [0.05, 0.1) is 5.69 Å². The topological polar surface area (TPSA) is 29.3 Å². The molecular weight excluding hydrogens is 210 g/mol. The molecule has 3 nitrogen and oxygen atoms in total. The molecular formula is C11H14ClN3. The number of hydrogen-bond donors (Lipinski definition) is 1. The number of aromatic nitrogens is 2. The fraction of sp³-hybridized carbons (Fsp3) is 0.364. The van der Waals surface area contributed by atoms with Gasteiger partial charge >= 0.3 is 0 Å². The predicted molar refractivity (Wildman–Crippen MR) is 62.2 cm³/mol. The van der Waals surface area contributed by atoms with Crippen LogP contribution >= 0.6 is 11.6 Å². The first kappa shape index (κ1) is 10.5. The van der Waals surface area contributed by atoms with Crippen LogP contribution in [0.1, 0.15) is 12.6 Å². The molecule has 0 aromatic carbocycles. The molecule has 0 fully saturated rings. The normalized spacial score (nSPS) is 13.2. The summed E-state index contributed by atoms with van der Waals surface area (Å²) in [6.07, 6.45) is 4.03. The molecule has 0 saturated carbocycles. The number of nitrogens with one attached hydrogen (secondary N) is 1. The van der Waals surface area contributed by atoms with Crippen LogP contribution in [0.4, 0.5) is 0 Å². The van der Waals surface area contributed by atoms with Crippen LogP contribution in [-0.4, -0.2) is 21.3 Å². The number of rotatable bonds is 4. The molecule has 0 amide bonds. The largest absolute Gasteiger partial charge is 0.310 e. The molecule has 1 unspecified atom stereocenters. The summed E-state index contributed by atoms with van der Waals surface area (Å²) in [6.45, 7) is 3.53. The van der Waals surface area contributed by atoms with Crippen LogP contribution in [0, 0.1) is 0 Å². The molecule has 0 aliphatic carbocycles. The summed E-state index contributed by atoms with van der Waals surface area (Å²) >= 11 is 5.83. The molecule has 0 saturated heterocycles. The lowest BCUT2D eigenvalue weighted by Crippen LogP contribution is -2.20. The van der Waals surface area contributed by atoms with Gasteiger partial charge in [-0.3, -0.25) is 0 Å². The molecule has 2 rings (SSSR count). The molecule has 15 heavy (non-hydrogen) atoms. The molecule has 0 aliphatic rings. The highest BCUT2D eigenvalue weighted by Gasteiger charge is 2.01. The molecule has 0 radical (unpaired) electrons. The Hall–Kier alpha value is -1.06. The first-order valence-corrected chi connectivity index (χ1v) is 5.47. The van der Waals surface area contributed by atoms with E-state index in [4.69, 9.17) is 11.6 Å². The molecule has 0 bridgehead atoms. The van der Waals surface area contributed by atoms with E-state index in [9.17, 15) is 0 Å². The fourth-order valence-electron chi connectivity index (χ4n) is 1.47. The number of alkyl halides is 1. The highest BCUT2D eigenvalue weighted by Crippen LogP contribution is 2.04. The highest BCUT2D eigenvalue weighted by molar-refractivity contribution is 6.20. The monoisotopic (exact) mass is 223 g/mol. The zero-order valence-electron chi connectivity index (χ0n) is 8.65. The van der Waals surface area contributed by atoms with E-state index in [2.05, 4.69) is 10.3 Å². The SMILES string of the molecule is CC(Cl)CNCc1cn2ccccc2n1. The minimum absolute atomic E-state index is 0.155. The summed E-state index contributed by atoms with van der Waals surface area (Å²) in [4.78, 5) is 4.47. The van der Waals surface area contributed by atoms with Crippen LogP contribution in [0.5, 0.6) is 0 Å². The van der Waals surface area contributed by atoms with Gasteiger partial charge in [0.1, 0.15) is 5.65 Å². The Morgan fingerprint density at radius 3 is 3.13 bits per heavy atom. The van der Waals surface area contributed by atoms with Gasteiger partial charge in [0.15, 0.2) is 0 Å². The summed E-state index contributed by atoms with van der Waals surface area (Å²) in [5.41, 5.74) is 2.02. The summed E-state index contributed by atoms with van der Waals surface area (Å²) in [5.74, 6) is 0. The van der Waals surface area contributed by atoms with Crippen LogP contribution in [0.2, 0.25) is 0 Å². The second-order valence-electron chi connectivity index (χ2n) is 3.61. The Balaban J connectivity index is 2.03. The zero-order chi connectivity index (χ0) is 10.7. The first-order chi connectivity index (χ1) is 7.25. The molecule has 1 N–H and O–H groups in total. The van der Waals surface area contributed by atoms with Crippen LogP contribution < -0.4 is 5.32 Å². The molecule has 0 aliphatic heterocycles. The quantitative estimate of drug-likeness (QED) is 0.804. The average molecular weight is 224 g/mol. The van der Waals surface area contributed by atoms with Gasteiger partial charge in [-0.2, -0.15) is 0 Å². The van der Waals surface area contributed by atoms with E-state index < -0.39 is 0 Å². The third kappa shape index (κ3) is 2.70. The number of hydrogen-bond acceptors (Lipinski definition) is 2. The number of halogens is 1. The number of nitrogens with zero attached hydrogens (tertiary/aromatic N) is 2. The number of pyridine rings is 1. The average Bonchev–Trinajstić information content (AvgIpc) is 2.59. The third-order valence-corrected chi connectivity index (χ3v) is 2.30. The second kappa shape index (κ2) is 4.64. The lowest BCUT2D eigenvalue weighted by Gasteiger charge is -2.02. The Morgan fingerprint density at radius 1 is 1.53 bits per heavy atom. The fourth-order valence-corrected chi connectivity index (χ4v) is 1.58. The molecule has 4 heteroatoms. The number of imidazole rings is 1. The van der Waals surface area contributed by atoms with Crippen molar-refractivity contribution in [1.82, 2.24) is 14.7 Å². The standard InChI is InChI=1S/C11H14ClN3/c1-9(12)6-13-7-10-8-15-5-3-2-4-11(15)14-10/h2-5,8-9,13H,6-7H2,1H3. The van der Waals surface area contributed by atoms with E-state index in [0.29, 0.717) is 0 Å². The lowest BCUT2D eigenvalue weighted by molar-refractivity contribution is 0.671. The molecule has 0 spiro atoms. The van der Waals surface area contributed by atoms with Gasteiger partial charge in [-0.1, -0.05) is 6.07 Å². The van der Waals surface area contributed by atoms with Crippen molar-refractivity contribution in [3.8, 4) is 0 Å². The summed E-state index contributed by atoms with van der Waals surface area (Å²) in [7, 11) is 0. The maximum Gasteiger partial charge on any atom is 0.137 e. The maximum atomic E-state index is 5.83. The smallest absolute Gasteiger partial charge is 0.137 e. The van der Waals surface area contributed by atoms with Crippen LogP contribution in [-0.2, 0) is 6.54 Å². The van der Waals surface area contributed by atoms with Gasteiger partial charge in [-0.05, 0) is 19.1 Å². The van der Waals surface area contributed by atoms with Crippen molar-refractivity contribution >= 4 is 17.2 Å². The lowest BCUT2D eigenvalue weighted by atomic mass is 10.4. The van der Waals surface area contributed by atoms with Gasteiger partial charge < -0.3 is 9.72 Å². The van der Waals surface area contributed by atoms with Crippen molar-refractivity contribution < 1.29 is 0 Å². The molecule has 2 heterocycles. The maximum absolute atomic E-state index is 5.83. The summed E-state index contributed by atoms with van der Waals surface area (Å²) in [6, 6.07) is 5.97. The van der Waals surface area contributed by atoms with Crippen molar-refractivity contribution in [2.24, 2.45) is 0 Å². The number of fused-ring (bicyclic) bond motifs is 1. The van der Waals surface area contributed by atoms with E-state index in [1.165, 1.54) is 0 Å². The Bertz CT molecular complexity index is 403. The minimum Gasteiger partial charge on any atom is -0.310 e. The molecule has 2 aromatic rings. The van der Waals surface area contributed by atoms with Crippen molar-refractivity contribution in [2.75, 3.05) is 6.54 Å². The zero-order valence-corrected chi connectivity index (χ0v) is 9.41. The van der Waals surface area contributed by atoms with Gasteiger partial charge in [0.25, 0.3) is 0 Å². The van der Waals surface area contributed by atoms with Crippen molar-refractivity contribution in [1.29, 1.82) is 0 Å². The van der Waals surface area contributed by atoms with Crippen LogP contribution in [0.3, 0.4) is 0 Å². The second-order valence-corrected chi connectivity index (χ2v) is 4.36. The summed E-state index contributed by atoms with van der Waals surface area (Å²) < 4.78 is 2.02. The molecule has 2 aromatic heterocycles. The van der Waals surface area contributed by atoms with E-state index in [-0.39, 0.29) is 5.38 Å². The van der Waals surface area contributed by atoms with Crippen molar-refractivity contribution in [3.05, 3.63) is 36.3 Å². The van der Waals surface area contributed by atoms with E-state index in [1.807, 2.05) is 41.9 Å². The molecule has 80 valence electrons.